The number of rotatable bonds is 6. The van der Waals surface area contributed by atoms with Crippen LogP contribution in [0, 0.1) is 5.41 Å². The maximum Gasteiger partial charge on any atom is 0.227 e. The van der Waals surface area contributed by atoms with E-state index in [1.807, 2.05) is 35.0 Å². The number of ketones is 1. The summed E-state index contributed by atoms with van der Waals surface area (Å²) in [7, 11) is 0. The molecule has 0 bridgehead atoms. The summed E-state index contributed by atoms with van der Waals surface area (Å²) in [5.41, 5.74) is 3.21. The summed E-state index contributed by atoms with van der Waals surface area (Å²) >= 11 is 14.0. The Labute approximate surface area is 219 Å². The van der Waals surface area contributed by atoms with Crippen LogP contribution in [0.25, 0.3) is 0 Å². The molecule has 0 fully saturated rings. The molecule has 2 heterocycles. The molecule has 0 saturated heterocycles. The van der Waals surface area contributed by atoms with Gasteiger partial charge in [0.2, 0.25) is 11.1 Å². The van der Waals surface area contributed by atoms with Crippen LogP contribution in [-0.2, 0) is 11.4 Å². The summed E-state index contributed by atoms with van der Waals surface area (Å²) in [5.74, 6) is 2.29. The molecule has 1 aliphatic heterocycles. The molecular weight excluding hydrogens is 503 g/mol. The van der Waals surface area contributed by atoms with E-state index in [-0.39, 0.29) is 17.8 Å². The highest BCUT2D eigenvalue weighted by atomic mass is 35.5. The van der Waals surface area contributed by atoms with E-state index in [1.165, 1.54) is 0 Å². The summed E-state index contributed by atoms with van der Waals surface area (Å²) in [4.78, 5) is 18.2. The Morgan fingerprint density at radius 3 is 2.77 bits per heavy atom. The van der Waals surface area contributed by atoms with E-state index < -0.39 is 6.04 Å². The Morgan fingerprint density at radius 1 is 1.20 bits per heavy atom. The summed E-state index contributed by atoms with van der Waals surface area (Å²) in [6.45, 7) is 6.58. The molecule has 2 aliphatic rings. The number of benzene rings is 2. The Morgan fingerprint density at radius 2 is 2.00 bits per heavy atom. The Bertz CT molecular complexity index is 1330. The van der Waals surface area contributed by atoms with Crippen molar-refractivity contribution in [3.05, 3.63) is 74.9 Å². The van der Waals surface area contributed by atoms with Gasteiger partial charge < -0.3 is 10.1 Å². The number of hydrogen-bond acceptors (Lipinski definition) is 6. The summed E-state index contributed by atoms with van der Waals surface area (Å²) in [6, 6.07) is 12.7. The summed E-state index contributed by atoms with van der Waals surface area (Å²) < 4.78 is 8.10. The van der Waals surface area contributed by atoms with E-state index in [4.69, 9.17) is 38.0 Å². The molecule has 0 radical (unpaired) electrons. The molecule has 1 aromatic heterocycles. The monoisotopic (exact) mass is 528 g/mol. The fourth-order valence-corrected chi connectivity index (χ4v) is 5.72. The molecule has 0 spiro atoms. The first-order valence-electron chi connectivity index (χ1n) is 11.5. The molecule has 35 heavy (non-hydrogen) atoms. The van der Waals surface area contributed by atoms with Crippen LogP contribution in [-0.4, -0.2) is 26.3 Å². The fourth-order valence-electron chi connectivity index (χ4n) is 4.70. The molecule has 5 rings (SSSR count). The highest BCUT2D eigenvalue weighted by Gasteiger charge is 2.42. The standard InChI is InChI=1S/C26H26Cl2N4O2S/c1-4-35-25-30-24-29-19-12-26(2,3)13-20(33)22(19)23(32(24)31-25)17-7-5-6-8-21(17)34-14-15-9-10-16(27)11-18(15)28/h5-11,23H,4,12-14H2,1-3H3,(H,29,30,31). The lowest BCUT2D eigenvalue weighted by Crippen LogP contribution is -2.36. The van der Waals surface area contributed by atoms with Crippen molar-refractivity contribution in [2.45, 2.75) is 51.4 Å². The normalized spacial score (nSPS) is 18.7. The molecule has 182 valence electrons. The number of allylic oxidation sites excluding steroid dienone is 2. The Balaban J connectivity index is 1.58. The minimum Gasteiger partial charge on any atom is -0.488 e. The van der Waals surface area contributed by atoms with E-state index in [0.29, 0.717) is 33.3 Å². The second-order valence-electron chi connectivity index (χ2n) is 9.52. The number of hydrogen-bond donors (Lipinski definition) is 1. The number of halogens is 2. The number of aromatic nitrogens is 3. The zero-order chi connectivity index (χ0) is 24.7. The first-order valence-corrected chi connectivity index (χ1v) is 13.3. The van der Waals surface area contributed by atoms with Crippen molar-refractivity contribution in [2.24, 2.45) is 5.41 Å². The lowest BCUT2D eigenvalue weighted by Gasteiger charge is -2.38. The van der Waals surface area contributed by atoms with E-state index >= 15 is 0 Å². The molecule has 1 unspecified atom stereocenters. The van der Waals surface area contributed by atoms with Crippen molar-refractivity contribution < 1.29 is 9.53 Å². The number of para-hydroxylation sites is 1. The first-order chi connectivity index (χ1) is 16.8. The Kier molecular flexibility index (Phi) is 6.59. The van der Waals surface area contributed by atoms with E-state index in [1.54, 1.807) is 23.9 Å². The number of Topliss-reactive ketones (excluding diaryl/α,β-unsaturated/α-hetero) is 1. The number of nitrogens with one attached hydrogen (secondary N) is 1. The van der Waals surface area contributed by atoms with Crippen LogP contribution in [0.4, 0.5) is 5.95 Å². The minimum atomic E-state index is -0.430. The maximum absolute atomic E-state index is 13.5. The zero-order valence-electron chi connectivity index (χ0n) is 19.8. The van der Waals surface area contributed by atoms with Crippen LogP contribution in [0.3, 0.4) is 0 Å². The molecule has 6 nitrogen and oxygen atoms in total. The molecular formula is C26H26Cl2N4O2S. The number of fused-ring (bicyclic) bond motifs is 1. The average molecular weight is 529 g/mol. The average Bonchev–Trinajstić information content (AvgIpc) is 3.19. The lowest BCUT2D eigenvalue weighted by atomic mass is 9.73. The van der Waals surface area contributed by atoms with E-state index in [2.05, 4.69) is 26.1 Å². The fraction of sp³-hybridized carbons (Fsp3) is 0.346. The quantitative estimate of drug-likeness (QED) is 0.349. The SMILES string of the molecule is CCSc1nc2n(n1)C(c1ccccc1OCc1ccc(Cl)cc1Cl)C1=C(CC(C)(C)CC1=O)N2. The first kappa shape index (κ1) is 24.2. The van der Waals surface area contributed by atoms with Crippen molar-refractivity contribution in [2.75, 3.05) is 11.1 Å². The van der Waals surface area contributed by atoms with Crippen molar-refractivity contribution in [3.63, 3.8) is 0 Å². The predicted octanol–water partition coefficient (Wildman–Crippen LogP) is 6.93. The van der Waals surface area contributed by atoms with Crippen LogP contribution in [0.1, 0.15) is 50.8 Å². The smallest absolute Gasteiger partial charge is 0.227 e. The number of ether oxygens (including phenoxy) is 1. The van der Waals surface area contributed by atoms with Gasteiger partial charge in [0, 0.05) is 38.9 Å². The van der Waals surface area contributed by atoms with Gasteiger partial charge in [-0.1, -0.05) is 80.0 Å². The number of thioether (sulfide) groups is 1. The molecule has 1 N–H and O–H groups in total. The number of nitrogens with zero attached hydrogens (tertiary/aromatic N) is 3. The van der Waals surface area contributed by atoms with Gasteiger partial charge in [-0.25, -0.2) is 4.68 Å². The van der Waals surface area contributed by atoms with Gasteiger partial charge in [-0.05, 0) is 35.8 Å². The highest BCUT2D eigenvalue weighted by Crippen LogP contribution is 2.47. The summed E-state index contributed by atoms with van der Waals surface area (Å²) in [5, 5.41) is 9.99. The molecule has 9 heteroatoms. The summed E-state index contributed by atoms with van der Waals surface area (Å²) in [6.07, 6.45) is 1.24. The zero-order valence-corrected chi connectivity index (χ0v) is 22.1. The number of carbonyl (C=O) groups excluding carboxylic acids is 1. The third kappa shape index (κ3) is 4.82. The van der Waals surface area contributed by atoms with Crippen molar-refractivity contribution in [3.8, 4) is 5.75 Å². The van der Waals surface area contributed by atoms with Gasteiger partial charge in [-0.15, -0.1) is 5.10 Å². The molecule has 0 amide bonds. The molecule has 0 saturated carbocycles. The van der Waals surface area contributed by atoms with Gasteiger partial charge in [0.05, 0.1) is 0 Å². The number of anilines is 1. The van der Waals surface area contributed by atoms with Crippen LogP contribution < -0.4 is 10.1 Å². The van der Waals surface area contributed by atoms with Crippen molar-refractivity contribution in [1.29, 1.82) is 0 Å². The molecule has 1 aliphatic carbocycles. The number of carbonyl (C=O) groups is 1. The van der Waals surface area contributed by atoms with Crippen LogP contribution >= 0.6 is 35.0 Å². The second-order valence-corrected chi connectivity index (χ2v) is 11.6. The van der Waals surface area contributed by atoms with Gasteiger partial charge in [0.15, 0.2) is 5.78 Å². The molecule has 3 aromatic rings. The van der Waals surface area contributed by atoms with Gasteiger partial charge in [0.25, 0.3) is 0 Å². The Hall–Kier alpha value is -2.48. The van der Waals surface area contributed by atoms with E-state index in [9.17, 15) is 4.79 Å². The van der Waals surface area contributed by atoms with Crippen LogP contribution in [0.2, 0.25) is 10.0 Å². The minimum absolute atomic E-state index is 0.121. The van der Waals surface area contributed by atoms with Crippen LogP contribution in [0.5, 0.6) is 5.75 Å². The van der Waals surface area contributed by atoms with Crippen molar-refractivity contribution >= 4 is 46.7 Å². The van der Waals surface area contributed by atoms with Gasteiger partial charge >= 0.3 is 0 Å². The van der Waals surface area contributed by atoms with Crippen LogP contribution in [0.15, 0.2) is 58.9 Å². The van der Waals surface area contributed by atoms with Gasteiger partial charge in [-0.3, -0.25) is 4.79 Å². The molecule has 1 atom stereocenters. The third-order valence-corrected chi connectivity index (χ3v) is 7.50. The maximum atomic E-state index is 13.5. The highest BCUT2D eigenvalue weighted by molar-refractivity contribution is 7.99. The van der Waals surface area contributed by atoms with E-state index in [0.717, 1.165) is 34.6 Å². The molecule has 2 aromatic carbocycles. The largest absolute Gasteiger partial charge is 0.488 e. The topological polar surface area (TPSA) is 69.0 Å². The van der Waals surface area contributed by atoms with Crippen molar-refractivity contribution in [1.82, 2.24) is 14.8 Å². The second kappa shape index (κ2) is 9.52. The lowest BCUT2D eigenvalue weighted by molar-refractivity contribution is -0.118. The van der Waals surface area contributed by atoms with Gasteiger partial charge in [-0.2, -0.15) is 4.98 Å². The predicted molar refractivity (Wildman–Crippen MR) is 140 cm³/mol. The third-order valence-electron chi connectivity index (χ3n) is 6.20. The van der Waals surface area contributed by atoms with Gasteiger partial charge in [0.1, 0.15) is 18.4 Å².